The molecule has 1 atom stereocenters. The second kappa shape index (κ2) is 11.5. The maximum atomic E-state index is 13.1. The molecule has 3 rings (SSSR count). The monoisotopic (exact) mass is 441 g/mol. The van der Waals surface area contributed by atoms with E-state index in [0.717, 1.165) is 22.8 Å². The molecule has 8 heteroatoms. The average molecular weight is 442 g/mol. The van der Waals surface area contributed by atoms with Gasteiger partial charge in [-0.3, -0.25) is 9.78 Å². The van der Waals surface area contributed by atoms with Gasteiger partial charge in [-0.05, 0) is 43.2 Å². The van der Waals surface area contributed by atoms with Crippen LogP contribution < -0.4 is 10.2 Å². The van der Waals surface area contributed by atoms with E-state index >= 15 is 0 Å². The van der Waals surface area contributed by atoms with E-state index in [9.17, 15) is 9.18 Å². The number of nitrogens with zero attached hydrogens (tertiary/aromatic N) is 4. The smallest absolute Gasteiger partial charge is 0.221 e. The second-order valence-electron chi connectivity index (χ2n) is 7.42. The molecule has 0 radical (unpaired) electrons. The quantitative estimate of drug-likeness (QED) is 0.487. The van der Waals surface area contributed by atoms with Gasteiger partial charge in [-0.2, -0.15) is 4.37 Å². The van der Waals surface area contributed by atoms with Gasteiger partial charge < -0.3 is 10.2 Å². The Balaban J connectivity index is 1.53. The number of amides is 1. The van der Waals surface area contributed by atoms with Crippen LogP contribution >= 0.6 is 11.5 Å². The first kappa shape index (κ1) is 22.8. The average Bonchev–Trinajstić information content (AvgIpc) is 3.24. The van der Waals surface area contributed by atoms with E-state index in [2.05, 4.69) is 38.4 Å². The molecule has 0 spiro atoms. The summed E-state index contributed by atoms with van der Waals surface area (Å²) in [6.07, 6.45) is 4.35. The third-order valence-electron chi connectivity index (χ3n) is 5.11. The number of benzene rings is 1. The third-order valence-corrected chi connectivity index (χ3v) is 5.90. The van der Waals surface area contributed by atoms with Gasteiger partial charge in [0.05, 0.1) is 0 Å². The van der Waals surface area contributed by atoms with Crippen molar-refractivity contribution in [2.45, 2.75) is 45.6 Å². The number of anilines is 1. The van der Waals surface area contributed by atoms with Crippen LogP contribution in [0.1, 0.15) is 43.8 Å². The molecule has 0 bridgehead atoms. The fourth-order valence-corrected chi connectivity index (χ4v) is 3.94. The van der Waals surface area contributed by atoms with Crippen LogP contribution in [0.2, 0.25) is 0 Å². The molecule has 1 amide bonds. The number of hydrogen-bond acceptors (Lipinski definition) is 6. The number of carbonyl (C=O) groups is 1. The largest absolute Gasteiger partial charge is 0.356 e. The summed E-state index contributed by atoms with van der Waals surface area (Å²) in [5, 5.41) is 3.78. The molecule has 2 aromatic heterocycles. The lowest BCUT2D eigenvalue weighted by molar-refractivity contribution is -0.120. The summed E-state index contributed by atoms with van der Waals surface area (Å²) in [5.74, 6) is 0.469. The summed E-state index contributed by atoms with van der Waals surface area (Å²) < 4.78 is 17.6. The lowest BCUT2D eigenvalue weighted by Gasteiger charge is -2.27. The van der Waals surface area contributed by atoms with Gasteiger partial charge in [0.25, 0.3) is 0 Å². The van der Waals surface area contributed by atoms with Gasteiger partial charge in [0.1, 0.15) is 11.6 Å². The highest BCUT2D eigenvalue weighted by Gasteiger charge is 2.19. The minimum Gasteiger partial charge on any atom is -0.356 e. The molecule has 0 aliphatic heterocycles. The lowest BCUT2D eigenvalue weighted by Crippen LogP contribution is -2.37. The summed E-state index contributed by atoms with van der Waals surface area (Å²) in [6, 6.07) is 12.4. The molecule has 1 aromatic carbocycles. The summed E-state index contributed by atoms with van der Waals surface area (Å²) in [7, 11) is 0. The summed E-state index contributed by atoms with van der Waals surface area (Å²) >= 11 is 1.34. The minimum atomic E-state index is -0.253. The van der Waals surface area contributed by atoms with Gasteiger partial charge >= 0.3 is 0 Å². The van der Waals surface area contributed by atoms with Crippen molar-refractivity contribution < 1.29 is 9.18 Å². The zero-order chi connectivity index (χ0) is 22.1. The Hall–Kier alpha value is -2.87. The van der Waals surface area contributed by atoms with Crippen molar-refractivity contribution in [2.75, 3.05) is 18.0 Å². The van der Waals surface area contributed by atoms with Crippen molar-refractivity contribution >= 4 is 22.6 Å². The van der Waals surface area contributed by atoms with E-state index in [-0.39, 0.29) is 17.8 Å². The van der Waals surface area contributed by atoms with Gasteiger partial charge in [0, 0.05) is 61.8 Å². The Morgan fingerprint density at radius 1 is 1.23 bits per heavy atom. The third kappa shape index (κ3) is 7.10. The number of carbonyl (C=O) groups excluding carboxylic acids is 1. The van der Waals surface area contributed by atoms with E-state index in [0.29, 0.717) is 38.2 Å². The van der Waals surface area contributed by atoms with E-state index in [1.165, 1.54) is 23.7 Å². The van der Waals surface area contributed by atoms with Gasteiger partial charge in [0.2, 0.25) is 11.0 Å². The van der Waals surface area contributed by atoms with E-state index in [1.54, 1.807) is 18.3 Å². The van der Waals surface area contributed by atoms with Crippen LogP contribution in [-0.2, 0) is 17.6 Å². The van der Waals surface area contributed by atoms with Crippen LogP contribution in [-0.4, -0.2) is 39.4 Å². The maximum Gasteiger partial charge on any atom is 0.221 e. The van der Waals surface area contributed by atoms with Gasteiger partial charge in [-0.25, -0.2) is 9.37 Å². The molecule has 1 N–H and O–H groups in total. The van der Waals surface area contributed by atoms with Crippen molar-refractivity contribution in [3.05, 3.63) is 71.6 Å². The zero-order valence-electron chi connectivity index (χ0n) is 17.9. The van der Waals surface area contributed by atoms with Crippen molar-refractivity contribution in [3.8, 4) is 0 Å². The minimum absolute atomic E-state index is 0.0142. The van der Waals surface area contributed by atoms with Gasteiger partial charge in [-0.1, -0.05) is 25.1 Å². The number of aromatic nitrogens is 3. The standard InChI is InChI=1S/C23H28FN5OS/c1-3-17(2)29(15-12-22(30)26-14-11-20-6-4-5-13-25-20)23-27-21(28-31-23)16-18-7-9-19(24)10-8-18/h4-10,13,17H,3,11-12,14-16H2,1-2H3,(H,26,30). The highest BCUT2D eigenvalue weighted by Crippen LogP contribution is 2.22. The lowest BCUT2D eigenvalue weighted by atomic mass is 10.1. The van der Waals surface area contributed by atoms with Gasteiger partial charge in [0.15, 0.2) is 0 Å². The zero-order valence-corrected chi connectivity index (χ0v) is 18.7. The molecule has 1 unspecified atom stereocenters. The molecular formula is C23H28FN5OS. The highest BCUT2D eigenvalue weighted by atomic mass is 32.1. The molecule has 0 aliphatic carbocycles. The SMILES string of the molecule is CCC(C)N(CCC(=O)NCCc1ccccn1)c1nc(Cc2ccc(F)cc2)ns1. The van der Waals surface area contributed by atoms with Crippen LogP contribution in [0.4, 0.5) is 9.52 Å². The Labute approximate surface area is 186 Å². The molecule has 2 heterocycles. The number of hydrogen-bond donors (Lipinski definition) is 1. The molecule has 0 saturated heterocycles. The molecule has 0 fully saturated rings. The van der Waals surface area contributed by atoms with Gasteiger partial charge in [-0.15, -0.1) is 0 Å². The molecule has 164 valence electrons. The fraction of sp³-hybridized carbons (Fsp3) is 0.391. The number of halogens is 1. The molecule has 0 saturated carbocycles. The second-order valence-corrected chi connectivity index (χ2v) is 8.15. The number of pyridine rings is 1. The van der Waals surface area contributed by atoms with Crippen LogP contribution in [0.25, 0.3) is 0 Å². The van der Waals surface area contributed by atoms with Crippen LogP contribution in [0, 0.1) is 5.82 Å². The topological polar surface area (TPSA) is 71.0 Å². The Morgan fingerprint density at radius 3 is 2.74 bits per heavy atom. The Bertz CT molecular complexity index is 948. The molecule has 0 aliphatic rings. The maximum absolute atomic E-state index is 13.1. The number of nitrogens with one attached hydrogen (secondary N) is 1. The van der Waals surface area contributed by atoms with Crippen molar-refractivity contribution in [2.24, 2.45) is 0 Å². The van der Waals surface area contributed by atoms with E-state index in [4.69, 9.17) is 0 Å². The first-order chi connectivity index (χ1) is 15.0. The molecular weight excluding hydrogens is 413 g/mol. The first-order valence-electron chi connectivity index (χ1n) is 10.6. The first-order valence-corrected chi connectivity index (χ1v) is 11.3. The summed E-state index contributed by atoms with van der Waals surface area (Å²) in [5.41, 5.74) is 1.93. The molecule has 3 aromatic rings. The van der Waals surface area contributed by atoms with E-state index < -0.39 is 0 Å². The Kier molecular flexibility index (Phi) is 8.46. The van der Waals surface area contributed by atoms with Crippen LogP contribution in [0.3, 0.4) is 0 Å². The highest BCUT2D eigenvalue weighted by molar-refractivity contribution is 7.09. The van der Waals surface area contributed by atoms with Crippen molar-refractivity contribution in [1.82, 2.24) is 19.7 Å². The van der Waals surface area contributed by atoms with Crippen molar-refractivity contribution in [3.63, 3.8) is 0 Å². The van der Waals surface area contributed by atoms with Crippen LogP contribution in [0.5, 0.6) is 0 Å². The van der Waals surface area contributed by atoms with E-state index in [1.807, 2.05) is 18.2 Å². The van der Waals surface area contributed by atoms with Crippen LogP contribution in [0.15, 0.2) is 48.7 Å². The van der Waals surface area contributed by atoms with Crippen molar-refractivity contribution in [1.29, 1.82) is 0 Å². The Morgan fingerprint density at radius 2 is 2.03 bits per heavy atom. The molecule has 31 heavy (non-hydrogen) atoms. The summed E-state index contributed by atoms with van der Waals surface area (Å²) in [6.45, 7) is 5.39. The predicted octanol–water partition coefficient (Wildman–Crippen LogP) is 4.02. The normalized spacial score (nSPS) is 11.8. The summed E-state index contributed by atoms with van der Waals surface area (Å²) in [4.78, 5) is 23.4. The fourth-order valence-electron chi connectivity index (χ4n) is 3.13. The predicted molar refractivity (Wildman–Crippen MR) is 122 cm³/mol. The molecule has 6 nitrogen and oxygen atoms in total. The number of rotatable bonds is 11.